The Morgan fingerprint density at radius 3 is 2.60 bits per heavy atom. The summed E-state index contributed by atoms with van der Waals surface area (Å²) in [7, 11) is 1.99. The summed E-state index contributed by atoms with van der Waals surface area (Å²) in [5.41, 5.74) is 11.1. The Hall–Kier alpha value is -2.19. The van der Waals surface area contributed by atoms with Gasteiger partial charge in [0, 0.05) is 21.6 Å². The molecule has 0 aliphatic rings. The Balaban J connectivity index is 1.98. The van der Waals surface area contributed by atoms with Crippen LogP contribution in [-0.4, -0.2) is 15.0 Å². The molecule has 0 saturated carbocycles. The van der Waals surface area contributed by atoms with Gasteiger partial charge in [0.15, 0.2) is 0 Å². The van der Waals surface area contributed by atoms with Crippen molar-refractivity contribution in [1.82, 2.24) is 15.0 Å². The van der Waals surface area contributed by atoms with E-state index in [1.807, 2.05) is 30.7 Å². The second kappa shape index (κ2) is 5.96. The molecule has 0 atom stereocenters. The number of fused-ring (bicyclic) bond motifs is 2. The van der Waals surface area contributed by atoms with Crippen molar-refractivity contribution in [3.63, 3.8) is 0 Å². The summed E-state index contributed by atoms with van der Waals surface area (Å²) in [5, 5.41) is 4.49. The number of hydrogen-bond donors (Lipinski definition) is 3. The highest BCUT2D eigenvalue weighted by atomic mass is 79.9. The molecule has 2 aromatic heterocycles. The number of hydrogen-bond acceptors (Lipinski definition) is 4. The Bertz CT molecular complexity index is 1110. The average Bonchev–Trinajstić information content (AvgIpc) is 3.02. The van der Waals surface area contributed by atoms with E-state index in [0.29, 0.717) is 5.69 Å². The molecule has 2 heterocycles. The molecular weight excluding hydrogens is 448 g/mol. The Kier molecular flexibility index (Phi) is 3.88. The van der Waals surface area contributed by atoms with Crippen molar-refractivity contribution < 1.29 is 4.57 Å². The number of nitrogens with one attached hydrogen (secondary N) is 2. The van der Waals surface area contributed by atoms with Crippen LogP contribution in [0.4, 0.5) is 17.1 Å². The van der Waals surface area contributed by atoms with E-state index >= 15 is 0 Å². The molecule has 0 aliphatic heterocycles. The summed E-state index contributed by atoms with van der Waals surface area (Å²) >= 11 is 6.98. The number of aromatic nitrogens is 4. The summed E-state index contributed by atoms with van der Waals surface area (Å²) < 4.78 is 3.64. The first kappa shape index (κ1) is 16.3. The number of imidazole rings is 1. The van der Waals surface area contributed by atoms with Gasteiger partial charge in [0.25, 0.3) is 5.82 Å². The lowest BCUT2D eigenvalue weighted by molar-refractivity contribution is -0.679. The van der Waals surface area contributed by atoms with Gasteiger partial charge in [0.1, 0.15) is 17.4 Å². The number of rotatable bonds is 2. The predicted molar refractivity (Wildman–Crippen MR) is 107 cm³/mol. The molecule has 0 saturated heterocycles. The number of nitrogens with two attached hydrogens (primary N) is 1. The molecule has 0 amide bonds. The van der Waals surface area contributed by atoms with E-state index in [1.54, 1.807) is 6.33 Å². The second-order valence-electron chi connectivity index (χ2n) is 5.87. The number of anilines is 3. The first-order chi connectivity index (χ1) is 11.9. The van der Waals surface area contributed by atoms with E-state index < -0.39 is 0 Å². The summed E-state index contributed by atoms with van der Waals surface area (Å²) in [6, 6.07) is 5.94. The molecule has 0 radical (unpaired) electrons. The van der Waals surface area contributed by atoms with Crippen LogP contribution in [-0.2, 0) is 7.05 Å². The molecular formula is C17H15Br2N6+. The van der Waals surface area contributed by atoms with Gasteiger partial charge in [0.05, 0.1) is 30.0 Å². The van der Waals surface area contributed by atoms with Crippen LogP contribution in [0.5, 0.6) is 0 Å². The fraction of sp³-hybridized carbons (Fsp3) is 0.118. The molecule has 0 spiro atoms. The van der Waals surface area contributed by atoms with Crippen LogP contribution in [0.3, 0.4) is 0 Å². The zero-order valence-electron chi connectivity index (χ0n) is 13.6. The van der Waals surface area contributed by atoms with Gasteiger partial charge in [0.2, 0.25) is 5.52 Å². The van der Waals surface area contributed by atoms with E-state index in [9.17, 15) is 0 Å². The van der Waals surface area contributed by atoms with Gasteiger partial charge >= 0.3 is 0 Å². The van der Waals surface area contributed by atoms with Crippen LogP contribution in [0.25, 0.3) is 21.9 Å². The highest BCUT2D eigenvalue weighted by Gasteiger charge is 2.18. The monoisotopic (exact) mass is 461 g/mol. The van der Waals surface area contributed by atoms with Crippen molar-refractivity contribution in [1.29, 1.82) is 0 Å². The quantitative estimate of drug-likeness (QED) is 0.309. The molecule has 0 fully saturated rings. The highest BCUT2D eigenvalue weighted by Crippen LogP contribution is 2.36. The topological polar surface area (TPSA) is 83.5 Å². The summed E-state index contributed by atoms with van der Waals surface area (Å²) in [4.78, 5) is 12.4. The zero-order valence-corrected chi connectivity index (χ0v) is 16.7. The lowest BCUT2D eigenvalue weighted by Gasteiger charge is -2.11. The van der Waals surface area contributed by atoms with Crippen molar-refractivity contribution in [2.24, 2.45) is 7.05 Å². The maximum atomic E-state index is 5.99. The number of benzene rings is 2. The fourth-order valence-corrected chi connectivity index (χ4v) is 3.96. The first-order valence-corrected chi connectivity index (χ1v) is 9.17. The van der Waals surface area contributed by atoms with Gasteiger partial charge in [-0.3, -0.25) is 0 Å². The fourth-order valence-electron chi connectivity index (χ4n) is 2.77. The third kappa shape index (κ3) is 2.75. The van der Waals surface area contributed by atoms with Crippen molar-refractivity contribution >= 4 is 70.9 Å². The summed E-state index contributed by atoms with van der Waals surface area (Å²) in [6.07, 6.45) is 3.76. The number of halogens is 2. The molecule has 4 rings (SSSR count). The normalized spacial score (nSPS) is 11.4. The van der Waals surface area contributed by atoms with Gasteiger partial charge in [-0.1, -0.05) is 0 Å². The van der Waals surface area contributed by atoms with E-state index in [0.717, 1.165) is 48.1 Å². The summed E-state index contributed by atoms with van der Waals surface area (Å²) in [6.45, 7) is 1.98. The first-order valence-electron chi connectivity index (χ1n) is 7.58. The Morgan fingerprint density at radius 1 is 1.16 bits per heavy atom. The number of H-pyrrole nitrogens is 1. The lowest BCUT2D eigenvalue weighted by Crippen LogP contribution is -2.32. The summed E-state index contributed by atoms with van der Waals surface area (Å²) in [5.74, 6) is 0.921. The van der Waals surface area contributed by atoms with E-state index in [1.165, 1.54) is 0 Å². The van der Waals surface area contributed by atoms with Gasteiger partial charge in [-0.25, -0.2) is 9.55 Å². The third-order valence-electron chi connectivity index (χ3n) is 4.18. The van der Waals surface area contributed by atoms with E-state index in [2.05, 4.69) is 59.4 Å². The van der Waals surface area contributed by atoms with Crippen LogP contribution in [0.2, 0.25) is 0 Å². The lowest BCUT2D eigenvalue weighted by atomic mass is 10.1. The highest BCUT2D eigenvalue weighted by molar-refractivity contribution is 9.11. The van der Waals surface area contributed by atoms with Crippen LogP contribution >= 0.6 is 31.9 Å². The van der Waals surface area contributed by atoms with Crippen molar-refractivity contribution in [2.75, 3.05) is 11.1 Å². The smallest absolute Gasteiger partial charge is 0.295 e. The molecule has 4 N–H and O–H groups in total. The van der Waals surface area contributed by atoms with Crippen molar-refractivity contribution in [3.8, 4) is 0 Å². The third-order valence-corrected chi connectivity index (χ3v) is 5.49. The molecule has 8 heteroatoms. The van der Waals surface area contributed by atoms with Crippen LogP contribution < -0.4 is 15.6 Å². The van der Waals surface area contributed by atoms with Crippen molar-refractivity contribution in [2.45, 2.75) is 6.92 Å². The number of aryl methyl sites for hydroxylation is 2. The molecule has 0 unspecified atom stereocenters. The minimum atomic E-state index is 0.661. The number of aromatic amines is 1. The van der Waals surface area contributed by atoms with Gasteiger partial charge < -0.3 is 16.0 Å². The second-order valence-corrected chi connectivity index (χ2v) is 7.57. The SMILES string of the molecule is Cc1nc2c(Nc3cc(Br)c(N)c(Br)c3)c3nc[nH]c3cc2c[n+]1C. The van der Waals surface area contributed by atoms with Crippen LogP contribution in [0.15, 0.2) is 39.7 Å². The maximum absolute atomic E-state index is 5.99. The van der Waals surface area contributed by atoms with Crippen molar-refractivity contribution in [3.05, 3.63) is 45.5 Å². The van der Waals surface area contributed by atoms with Gasteiger partial charge in [-0.05, 0) is 55.0 Å². The largest absolute Gasteiger partial charge is 0.397 e. The molecule has 0 aliphatic carbocycles. The standard InChI is InChI=1S/C17H14Br2N6/c1-8-23-15-9(6-25(8)2)3-13-16(22-7-21-13)17(15)24-10-4-11(18)14(20)12(19)5-10/h3-7,24H,20H2,1-2H3/p+1. The molecule has 6 nitrogen and oxygen atoms in total. The maximum Gasteiger partial charge on any atom is 0.295 e. The van der Waals surface area contributed by atoms with Gasteiger partial charge in [-0.15, -0.1) is 0 Å². The predicted octanol–water partition coefficient (Wildman–Crippen LogP) is 4.09. The average molecular weight is 463 g/mol. The molecule has 2 aromatic carbocycles. The van der Waals surface area contributed by atoms with E-state index in [4.69, 9.17) is 10.7 Å². The molecule has 0 bridgehead atoms. The molecule has 25 heavy (non-hydrogen) atoms. The molecule has 126 valence electrons. The minimum Gasteiger partial charge on any atom is -0.397 e. The number of nitrogens with zero attached hydrogens (tertiary/aromatic N) is 3. The zero-order chi connectivity index (χ0) is 17.7. The Morgan fingerprint density at radius 2 is 1.88 bits per heavy atom. The van der Waals surface area contributed by atoms with Gasteiger partial charge in [-0.2, -0.15) is 0 Å². The Labute approximate surface area is 160 Å². The van der Waals surface area contributed by atoms with Crippen LogP contribution in [0, 0.1) is 6.92 Å². The minimum absolute atomic E-state index is 0.661. The number of nitrogen functional groups attached to an aromatic ring is 1. The van der Waals surface area contributed by atoms with E-state index in [-0.39, 0.29) is 0 Å². The van der Waals surface area contributed by atoms with Crippen LogP contribution in [0.1, 0.15) is 5.82 Å². The molecule has 4 aromatic rings.